The van der Waals surface area contributed by atoms with E-state index in [0.717, 1.165) is 14.5 Å². The Bertz CT molecular complexity index is 465. The van der Waals surface area contributed by atoms with Crippen LogP contribution in [0.1, 0.15) is 0 Å². The monoisotopic (exact) mass is 323 g/mol. The summed E-state index contributed by atoms with van der Waals surface area (Å²) in [5.41, 5.74) is 0.870. The molecule has 0 unspecified atom stereocenters. The van der Waals surface area contributed by atoms with Crippen LogP contribution in [0.15, 0.2) is 24.4 Å². The third kappa shape index (κ3) is 1.75. The normalized spacial score (nSPS) is 10.7. The lowest BCUT2D eigenvalue weighted by atomic mass is 10.2. The molecular weight excluding hydrogens is 320 g/mol. The lowest BCUT2D eigenvalue weighted by Crippen LogP contribution is -1.83. The van der Waals surface area contributed by atoms with Crippen molar-refractivity contribution in [3.8, 4) is 0 Å². The minimum absolute atomic E-state index is 0.679. The molecule has 1 nitrogen and oxygen atoms in total. The van der Waals surface area contributed by atoms with Crippen molar-refractivity contribution in [1.29, 1.82) is 0 Å². The van der Waals surface area contributed by atoms with E-state index in [-0.39, 0.29) is 0 Å². The molecule has 0 atom stereocenters. The average Bonchev–Trinajstić information content (AvgIpc) is 2.12. The maximum Gasteiger partial charge on any atom is 0.0718 e. The third-order valence-electron chi connectivity index (χ3n) is 1.72. The highest BCUT2D eigenvalue weighted by atomic mass is 127. The van der Waals surface area contributed by atoms with Gasteiger partial charge in [-0.2, -0.15) is 0 Å². The van der Waals surface area contributed by atoms with Crippen molar-refractivity contribution < 1.29 is 0 Å². The highest BCUT2D eigenvalue weighted by Gasteiger charge is 2.04. The van der Waals surface area contributed by atoms with Gasteiger partial charge in [0, 0.05) is 16.6 Å². The molecule has 0 amide bonds. The molecule has 4 heteroatoms. The fourth-order valence-electron chi connectivity index (χ4n) is 1.11. The Morgan fingerprint density at radius 3 is 2.77 bits per heavy atom. The molecule has 2 rings (SSSR count). The fraction of sp³-hybridized carbons (Fsp3) is 0. The average molecular weight is 324 g/mol. The Morgan fingerprint density at radius 2 is 2.00 bits per heavy atom. The predicted molar refractivity (Wildman–Crippen MR) is 64.5 cm³/mol. The number of fused-ring (bicyclic) bond motifs is 1. The zero-order valence-corrected chi connectivity index (χ0v) is 10.1. The number of pyridine rings is 1. The van der Waals surface area contributed by atoms with Crippen LogP contribution in [0.2, 0.25) is 10.0 Å². The molecule has 0 saturated heterocycles. The SMILES string of the molecule is Clc1ccc2ncc(I)c(Cl)c2c1. The fourth-order valence-corrected chi connectivity index (χ4v) is 1.91. The molecule has 1 aromatic carbocycles. The van der Waals surface area contributed by atoms with Crippen LogP contribution in [-0.2, 0) is 0 Å². The number of hydrogen-bond donors (Lipinski definition) is 0. The van der Waals surface area contributed by atoms with Crippen molar-refractivity contribution in [3.05, 3.63) is 38.0 Å². The molecule has 0 aliphatic carbocycles. The Morgan fingerprint density at radius 1 is 1.23 bits per heavy atom. The smallest absolute Gasteiger partial charge is 0.0718 e. The number of nitrogens with zero attached hydrogens (tertiary/aromatic N) is 1. The van der Waals surface area contributed by atoms with Gasteiger partial charge in [-0.25, -0.2) is 0 Å². The second-order valence-corrected chi connectivity index (χ2v) is 4.56. The molecule has 0 saturated carbocycles. The minimum Gasteiger partial charge on any atom is -0.255 e. The molecule has 2 aromatic rings. The third-order valence-corrected chi connectivity index (χ3v) is 3.50. The van der Waals surface area contributed by atoms with E-state index >= 15 is 0 Å². The van der Waals surface area contributed by atoms with Gasteiger partial charge in [-0.3, -0.25) is 4.98 Å². The second-order valence-electron chi connectivity index (χ2n) is 2.58. The zero-order chi connectivity index (χ0) is 9.42. The molecule has 1 heterocycles. The highest BCUT2D eigenvalue weighted by molar-refractivity contribution is 14.1. The van der Waals surface area contributed by atoms with Gasteiger partial charge in [0.1, 0.15) is 0 Å². The summed E-state index contributed by atoms with van der Waals surface area (Å²) in [7, 11) is 0. The number of hydrogen-bond acceptors (Lipinski definition) is 1. The molecule has 0 radical (unpaired) electrons. The van der Waals surface area contributed by atoms with Gasteiger partial charge in [0.15, 0.2) is 0 Å². The zero-order valence-electron chi connectivity index (χ0n) is 6.39. The Kier molecular flexibility index (Phi) is 2.62. The highest BCUT2D eigenvalue weighted by Crippen LogP contribution is 2.28. The maximum atomic E-state index is 6.09. The Balaban J connectivity index is 2.89. The number of benzene rings is 1. The van der Waals surface area contributed by atoms with Gasteiger partial charge in [0.05, 0.1) is 14.1 Å². The molecule has 0 fully saturated rings. The van der Waals surface area contributed by atoms with E-state index < -0.39 is 0 Å². The van der Waals surface area contributed by atoms with Crippen molar-refractivity contribution in [2.75, 3.05) is 0 Å². The van der Waals surface area contributed by atoms with Gasteiger partial charge in [-0.05, 0) is 40.8 Å². The quantitative estimate of drug-likeness (QED) is 0.664. The summed E-state index contributed by atoms with van der Waals surface area (Å²) in [5, 5.41) is 2.30. The van der Waals surface area contributed by atoms with Crippen molar-refractivity contribution in [2.45, 2.75) is 0 Å². The van der Waals surface area contributed by atoms with Crippen LogP contribution in [0.25, 0.3) is 10.9 Å². The summed E-state index contributed by atoms with van der Waals surface area (Å²) >= 11 is 14.1. The van der Waals surface area contributed by atoms with Crippen LogP contribution in [0, 0.1) is 3.57 Å². The minimum atomic E-state index is 0.679. The van der Waals surface area contributed by atoms with Crippen molar-refractivity contribution in [2.24, 2.45) is 0 Å². The second kappa shape index (κ2) is 3.59. The molecule has 0 N–H and O–H groups in total. The summed E-state index contributed by atoms with van der Waals surface area (Å²) in [6.45, 7) is 0. The van der Waals surface area contributed by atoms with E-state index in [4.69, 9.17) is 23.2 Å². The molecular formula is C9H4Cl2IN. The van der Waals surface area contributed by atoms with Gasteiger partial charge in [0.25, 0.3) is 0 Å². The lowest BCUT2D eigenvalue weighted by molar-refractivity contribution is 1.39. The summed E-state index contributed by atoms with van der Waals surface area (Å²) in [4.78, 5) is 4.23. The first-order valence-electron chi connectivity index (χ1n) is 3.58. The van der Waals surface area contributed by atoms with E-state index in [9.17, 15) is 0 Å². The van der Waals surface area contributed by atoms with Crippen LogP contribution in [0.5, 0.6) is 0 Å². The largest absolute Gasteiger partial charge is 0.255 e. The molecule has 13 heavy (non-hydrogen) atoms. The Labute approximate surface area is 99.2 Å². The standard InChI is InChI=1S/C9H4Cl2IN/c10-5-1-2-8-6(3-5)9(11)7(12)4-13-8/h1-4H. The number of rotatable bonds is 0. The molecule has 1 aromatic heterocycles. The van der Waals surface area contributed by atoms with E-state index in [1.165, 1.54) is 0 Å². The molecule has 0 bridgehead atoms. The molecule has 0 spiro atoms. The van der Waals surface area contributed by atoms with Crippen LogP contribution >= 0.6 is 45.8 Å². The van der Waals surface area contributed by atoms with Crippen LogP contribution < -0.4 is 0 Å². The van der Waals surface area contributed by atoms with Crippen LogP contribution in [-0.4, -0.2) is 4.98 Å². The van der Waals surface area contributed by atoms with Crippen molar-refractivity contribution in [1.82, 2.24) is 4.98 Å². The molecule has 66 valence electrons. The molecule has 0 aliphatic rings. The van der Waals surface area contributed by atoms with Gasteiger partial charge in [0.2, 0.25) is 0 Å². The first kappa shape index (κ1) is 9.49. The Hall–Kier alpha value is -0.0600. The lowest BCUT2D eigenvalue weighted by Gasteiger charge is -2.01. The van der Waals surface area contributed by atoms with E-state index in [0.29, 0.717) is 10.0 Å². The number of halogens is 3. The first-order valence-corrected chi connectivity index (χ1v) is 5.41. The number of aromatic nitrogens is 1. The molecule has 0 aliphatic heterocycles. The van der Waals surface area contributed by atoms with Crippen molar-refractivity contribution >= 4 is 56.7 Å². The van der Waals surface area contributed by atoms with Crippen LogP contribution in [0.4, 0.5) is 0 Å². The van der Waals surface area contributed by atoms with Gasteiger partial charge in [-0.15, -0.1) is 0 Å². The van der Waals surface area contributed by atoms with Crippen LogP contribution in [0.3, 0.4) is 0 Å². The van der Waals surface area contributed by atoms with Gasteiger partial charge >= 0.3 is 0 Å². The van der Waals surface area contributed by atoms with E-state index in [1.807, 2.05) is 12.1 Å². The van der Waals surface area contributed by atoms with Gasteiger partial charge in [-0.1, -0.05) is 23.2 Å². The maximum absolute atomic E-state index is 6.09. The van der Waals surface area contributed by atoms with Crippen molar-refractivity contribution in [3.63, 3.8) is 0 Å². The summed E-state index contributed by atoms with van der Waals surface area (Å²) < 4.78 is 0.939. The van der Waals surface area contributed by atoms with E-state index in [1.54, 1.807) is 12.3 Å². The summed E-state index contributed by atoms with van der Waals surface area (Å²) in [5.74, 6) is 0. The summed E-state index contributed by atoms with van der Waals surface area (Å²) in [6, 6.07) is 5.49. The first-order chi connectivity index (χ1) is 6.18. The van der Waals surface area contributed by atoms with Gasteiger partial charge < -0.3 is 0 Å². The van der Waals surface area contributed by atoms with E-state index in [2.05, 4.69) is 27.6 Å². The summed E-state index contributed by atoms with van der Waals surface area (Å²) in [6.07, 6.45) is 1.75. The topological polar surface area (TPSA) is 12.9 Å². The predicted octanol–water partition coefficient (Wildman–Crippen LogP) is 4.15.